The van der Waals surface area contributed by atoms with Crippen molar-refractivity contribution in [2.45, 2.75) is 12.5 Å². The van der Waals surface area contributed by atoms with E-state index < -0.39 is 11.9 Å². The van der Waals surface area contributed by atoms with Gasteiger partial charge in [0.2, 0.25) is 0 Å². The lowest BCUT2D eigenvalue weighted by atomic mass is 10.0. The average molecular weight is 311 g/mol. The number of ether oxygens (including phenoxy) is 2. The molecule has 3 nitrogen and oxygen atoms in total. The number of benzene rings is 2. The largest absolute Gasteiger partial charge is 0.493 e. The van der Waals surface area contributed by atoms with E-state index in [0.29, 0.717) is 16.5 Å². The Bertz CT molecular complexity index is 631. The molecule has 1 N–H and O–H groups in total. The third-order valence-corrected chi connectivity index (χ3v) is 3.43. The Kier molecular flexibility index (Phi) is 5.04. The van der Waals surface area contributed by atoms with Crippen LogP contribution < -0.4 is 9.47 Å². The van der Waals surface area contributed by atoms with E-state index in [1.54, 1.807) is 31.4 Å². The molecule has 0 aliphatic heterocycles. The molecule has 0 bridgehead atoms. The molecule has 0 aliphatic carbocycles. The molecule has 0 aromatic heterocycles. The van der Waals surface area contributed by atoms with Crippen LogP contribution in [-0.4, -0.2) is 19.3 Å². The van der Waals surface area contributed by atoms with Gasteiger partial charge >= 0.3 is 0 Å². The summed E-state index contributed by atoms with van der Waals surface area (Å²) >= 11 is 5.70. The molecule has 0 saturated carbocycles. The fourth-order valence-electron chi connectivity index (χ4n) is 2.11. The van der Waals surface area contributed by atoms with Gasteiger partial charge in [0.1, 0.15) is 5.82 Å². The number of aliphatic hydroxyl groups is 1. The molecular weight excluding hydrogens is 295 g/mol. The van der Waals surface area contributed by atoms with Gasteiger partial charge < -0.3 is 14.6 Å². The molecule has 0 radical (unpaired) electrons. The second-order valence-electron chi connectivity index (χ2n) is 4.58. The van der Waals surface area contributed by atoms with Gasteiger partial charge in [-0.1, -0.05) is 23.7 Å². The number of rotatable bonds is 5. The standard InChI is InChI=1S/C16H16ClFO3/c1-20-15-6-3-10(8-16(15)21-2)7-14(19)12-5-4-11(17)9-13(12)18/h3-6,8-9,14,19H,7H2,1-2H3. The smallest absolute Gasteiger partial charge is 0.160 e. The van der Waals surface area contributed by atoms with E-state index in [0.717, 1.165) is 5.56 Å². The van der Waals surface area contributed by atoms with Crippen LogP contribution >= 0.6 is 11.6 Å². The molecule has 2 rings (SSSR count). The molecule has 0 spiro atoms. The Morgan fingerprint density at radius 1 is 1.10 bits per heavy atom. The summed E-state index contributed by atoms with van der Waals surface area (Å²) in [4.78, 5) is 0. The molecule has 21 heavy (non-hydrogen) atoms. The molecule has 112 valence electrons. The first-order valence-electron chi connectivity index (χ1n) is 6.39. The van der Waals surface area contributed by atoms with Crippen molar-refractivity contribution in [1.29, 1.82) is 0 Å². The first kappa shape index (κ1) is 15.6. The fourth-order valence-corrected chi connectivity index (χ4v) is 2.27. The summed E-state index contributed by atoms with van der Waals surface area (Å²) in [5.74, 6) is 0.655. The highest BCUT2D eigenvalue weighted by molar-refractivity contribution is 6.30. The van der Waals surface area contributed by atoms with Crippen molar-refractivity contribution < 1.29 is 19.0 Å². The Balaban J connectivity index is 2.21. The van der Waals surface area contributed by atoms with E-state index in [-0.39, 0.29) is 12.0 Å². The summed E-state index contributed by atoms with van der Waals surface area (Å²) in [7, 11) is 3.09. The van der Waals surface area contributed by atoms with Gasteiger partial charge in [-0.05, 0) is 29.8 Å². The Morgan fingerprint density at radius 2 is 1.81 bits per heavy atom. The molecule has 2 aromatic carbocycles. The van der Waals surface area contributed by atoms with Gasteiger partial charge in [-0.2, -0.15) is 0 Å². The SMILES string of the molecule is COc1ccc(CC(O)c2ccc(Cl)cc2F)cc1OC. The second kappa shape index (κ2) is 6.78. The summed E-state index contributed by atoms with van der Waals surface area (Å²) in [5, 5.41) is 10.5. The quantitative estimate of drug-likeness (QED) is 0.913. The van der Waals surface area contributed by atoms with Crippen LogP contribution in [0.5, 0.6) is 11.5 Å². The van der Waals surface area contributed by atoms with Gasteiger partial charge in [0, 0.05) is 17.0 Å². The third-order valence-electron chi connectivity index (χ3n) is 3.20. The lowest BCUT2D eigenvalue weighted by Crippen LogP contribution is -2.05. The van der Waals surface area contributed by atoms with Crippen molar-refractivity contribution in [1.82, 2.24) is 0 Å². The molecule has 0 fully saturated rings. The van der Waals surface area contributed by atoms with Crippen LogP contribution in [0.1, 0.15) is 17.2 Å². The summed E-state index contributed by atoms with van der Waals surface area (Å²) in [5.41, 5.74) is 1.03. The van der Waals surface area contributed by atoms with Gasteiger partial charge in [-0.25, -0.2) is 4.39 Å². The van der Waals surface area contributed by atoms with Gasteiger partial charge in [0.15, 0.2) is 11.5 Å². The monoisotopic (exact) mass is 310 g/mol. The van der Waals surface area contributed by atoms with E-state index in [1.165, 1.54) is 19.2 Å². The zero-order valence-corrected chi connectivity index (χ0v) is 12.5. The Hall–Kier alpha value is -1.78. The van der Waals surface area contributed by atoms with Crippen molar-refractivity contribution in [3.8, 4) is 11.5 Å². The van der Waals surface area contributed by atoms with Crippen molar-refractivity contribution in [2.24, 2.45) is 0 Å². The molecule has 0 heterocycles. The number of halogens is 2. The number of aliphatic hydroxyl groups excluding tert-OH is 1. The number of hydrogen-bond acceptors (Lipinski definition) is 3. The van der Waals surface area contributed by atoms with Crippen molar-refractivity contribution >= 4 is 11.6 Å². The summed E-state index contributed by atoms with van der Waals surface area (Å²) in [6.07, 6.45) is -0.695. The highest BCUT2D eigenvalue weighted by Gasteiger charge is 2.15. The highest BCUT2D eigenvalue weighted by Crippen LogP contribution is 2.30. The summed E-state index contributed by atoms with van der Waals surface area (Å²) < 4.78 is 24.1. The maximum absolute atomic E-state index is 13.8. The van der Waals surface area contributed by atoms with Crippen LogP contribution in [0, 0.1) is 5.82 Å². The van der Waals surface area contributed by atoms with Crippen molar-refractivity contribution in [3.63, 3.8) is 0 Å². The molecule has 0 amide bonds. The third kappa shape index (κ3) is 3.65. The number of methoxy groups -OCH3 is 2. The van der Waals surface area contributed by atoms with E-state index >= 15 is 0 Å². The van der Waals surface area contributed by atoms with E-state index in [9.17, 15) is 9.50 Å². The molecule has 1 atom stereocenters. The van der Waals surface area contributed by atoms with Crippen LogP contribution in [0.2, 0.25) is 5.02 Å². The van der Waals surface area contributed by atoms with Crippen LogP contribution in [-0.2, 0) is 6.42 Å². The Labute approximate surface area is 127 Å². The Morgan fingerprint density at radius 3 is 2.43 bits per heavy atom. The minimum Gasteiger partial charge on any atom is -0.493 e. The van der Waals surface area contributed by atoms with Crippen LogP contribution in [0.25, 0.3) is 0 Å². The van der Waals surface area contributed by atoms with Gasteiger partial charge in [-0.3, -0.25) is 0 Å². The average Bonchev–Trinajstić information content (AvgIpc) is 2.46. The zero-order valence-electron chi connectivity index (χ0n) is 11.8. The predicted octanol–water partition coefficient (Wildman–Crippen LogP) is 3.77. The lowest BCUT2D eigenvalue weighted by Gasteiger charge is -2.14. The van der Waals surface area contributed by atoms with Gasteiger partial charge in [0.25, 0.3) is 0 Å². The predicted molar refractivity (Wildman–Crippen MR) is 79.6 cm³/mol. The molecular formula is C16H16ClFO3. The van der Waals surface area contributed by atoms with E-state index in [2.05, 4.69) is 0 Å². The molecule has 0 saturated heterocycles. The molecule has 2 aromatic rings. The maximum Gasteiger partial charge on any atom is 0.160 e. The first-order valence-corrected chi connectivity index (χ1v) is 6.77. The van der Waals surface area contributed by atoms with E-state index in [4.69, 9.17) is 21.1 Å². The molecule has 5 heteroatoms. The van der Waals surface area contributed by atoms with Crippen molar-refractivity contribution in [2.75, 3.05) is 14.2 Å². The van der Waals surface area contributed by atoms with Gasteiger partial charge in [-0.15, -0.1) is 0 Å². The minimum absolute atomic E-state index is 0.217. The summed E-state index contributed by atoms with van der Waals surface area (Å²) in [6, 6.07) is 9.54. The highest BCUT2D eigenvalue weighted by atomic mass is 35.5. The maximum atomic E-state index is 13.8. The van der Waals surface area contributed by atoms with E-state index in [1.807, 2.05) is 0 Å². The molecule has 1 unspecified atom stereocenters. The topological polar surface area (TPSA) is 38.7 Å². The fraction of sp³-hybridized carbons (Fsp3) is 0.250. The van der Waals surface area contributed by atoms with Crippen molar-refractivity contribution in [3.05, 3.63) is 58.4 Å². The minimum atomic E-state index is -0.958. The first-order chi connectivity index (χ1) is 10.0. The lowest BCUT2D eigenvalue weighted by molar-refractivity contribution is 0.173. The van der Waals surface area contributed by atoms with Crippen LogP contribution in [0.3, 0.4) is 0 Å². The summed E-state index contributed by atoms with van der Waals surface area (Å²) in [6.45, 7) is 0. The normalized spacial score (nSPS) is 12.0. The zero-order chi connectivity index (χ0) is 15.4. The number of hydrogen-bond donors (Lipinski definition) is 1. The second-order valence-corrected chi connectivity index (χ2v) is 5.01. The van der Waals surface area contributed by atoms with Gasteiger partial charge in [0.05, 0.1) is 20.3 Å². The van der Waals surface area contributed by atoms with Crippen LogP contribution in [0.15, 0.2) is 36.4 Å². The van der Waals surface area contributed by atoms with Crippen LogP contribution in [0.4, 0.5) is 4.39 Å². The molecule has 0 aliphatic rings.